The molecule has 1 atom stereocenters. The molecule has 1 aliphatic heterocycles. The number of rotatable bonds is 10. The molecule has 1 aliphatic rings. The third kappa shape index (κ3) is 8.90. The number of nitrogen functional groups attached to an aromatic ring is 1. The van der Waals surface area contributed by atoms with E-state index in [4.69, 9.17) is 15.2 Å². The fourth-order valence-corrected chi connectivity index (χ4v) is 4.14. The highest BCUT2D eigenvalue weighted by molar-refractivity contribution is 6.03. The summed E-state index contributed by atoms with van der Waals surface area (Å²) in [5.41, 5.74) is 7.49. The van der Waals surface area contributed by atoms with E-state index in [1.54, 1.807) is 54.6 Å². The second kappa shape index (κ2) is 13.9. The van der Waals surface area contributed by atoms with Crippen LogP contribution in [0.3, 0.4) is 0 Å². The van der Waals surface area contributed by atoms with Crippen LogP contribution in [0.4, 0.5) is 30.2 Å². The standard InChI is InChI=1S/C30H31F3N4O4/c31-30(32,33)23-10-12-24(13-11-23)35-29(39)28(41-20-17-37-15-18-40-19-16-37)22-8-5-21(6-9-22)7-14-27(38)36-26-4-2-1-3-25(26)34/h1-14,28H,15-20,34H2,(H,35,39)(H,36,38)/b14-7+. The van der Waals surface area contributed by atoms with Gasteiger partial charge in [-0.25, -0.2) is 0 Å². The zero-order chi connectivity index (χ0) is 29.2. The Balaban J connectivity index is 1.43. The molecule has 41 heavy (non-hydrogen) atoms. The summed E-state index contributed by atoms with van der Waals surface area (Å²) < 4.78 is 50.1. The molecule has 1 unspecified atom stereocenters. The Labute approximate surface area is 235 Å². The highest BCUT2D eigenvalue weighted by Gasteiger charge is 2.30. The molecule has 216 valence electrons. The van der Waals surface area contributed by atoms with Crippen LogP contribution in [0.2, 0.25) is 0 Å². The number of hydrogen-bond donors (Lipinski definition) is 3. The quantitative estimate of drug-likeness (QED) is 0.236. The van der Waals surface area contributed by atoms with Gasteiger partial charge in [0, 0.05) is 31.4 Å². The molecule has 4 rings (SSSR count). The van der Waals surface area contributed by atoms with Crippen LogP contribution < -0.4 is 16.4 Å². The number of carbonyl (C=O) groups is 2. The number of hydrogen-bond acceptors (Lipinski definition) is 6. The van der Waals surface area contributed by atoms with Crippen molar-refractivity contribution < 1.29 is 32.2 Å². The Morgan fingerprint density at radius 3 is 2.32 bits per heavy atom. The van der Waals surface area contributed by atoms with Gasteiger partial charge in [0.25, 0.3) is 5.91 Å². The van der Waals surface area contributed by atoms with Crippen molar-refractivity contribution in [1.82, 2.24) is 4.90 Å². The fourth-order valence-electron chi connectivity index (χ4n) is 4.14. The Kier molecular flexibility index (Phi) is 10.1. The summed E-state index contributed by atoms with van der Waals surface area (Å²) in [5.74, 6) is -0.873. The summed E-state index contributed by atoms with van der Waals surface area (Å²) in [4.78, 5) is 27.7. The third-order valence-electron chi connectivity index (χ3n) is 6.40. The van der Waals surface area contributed by atoms with Crippen molar-refractivity contribution in [2.75, 3.05) is 55.8 Å². The number of ether oxygens (including phenoxy) is 2. The average molecular weight is 569 g/mol. The number of morpholine rings is 1. The molecule has 0 saturated carbocycles. The molecule has 0 bridgehead atoms. The van der Waals surface area contributed by atoms with Crippen molar-refractivity contribution in [3.8, 4) is 0 Å². The normalized spacial score (nSPS) is 15.0. The van der Waals surface area contributed by atoms with Gasteiger partial charge in [-0.1, -0.05) is 36.4 Å². The molecule has 2 amide bonds. The van der Waals surface area contributed by atoms with Gasteiger partial charge in [0.15, 0.2) is 6.10 Å². The molecule has 3 aromatic rings. The Bertz CT molecular complexity index is 1340. The lowest BCUT2D eigenvalue weighted by Crippen LogP contribution is -2.38. The lowest BCUT2D eigenvalue weighted by molar-refractivity contribution is -0.137. The van der Waals surface area contributed by atoms with Crippen molar-refractivity contribution >= 4 is 35.0 Å². The topological polar surface area (TPSA) is 106 Å². The number of nitrogens with two attached hydrogens (primary N) is 1. The molecule has 0 radical (unpaired) electrons. The lowest BCUT2D eigenvalue weighted by Gasteiger charge is -2.27. The zero-order valence-corrected chi connectivity index (χ0v) is 22.2. The number of halogens is 3. The number of benzene rings is 3. The number of para-hydroxylation sites is 2. The number of nitrogens with zero attached hydrogens (tertiary/aromatic N) is 1. The van der Waals surface area contributed by atoms with Crippen LogP contribution in [-0.2, 0) is 25.2 Å². The Morgan fingerprint density at radius 2 is 1.66 bits per heavy atom. The molecule has 11 heteroatoms. The van der Waals surface area contributed by atoms with E-state index in [1.165, 1.54) is 18.2 Å². The van der Waals surface area contributed by atoms with Crippen LogP contribution in [0.15, 0.2) is 78.9 Å². The molecule has 0 spiro atoms. The molecule has 0 aromatic heterocycles. The number of carbonyl (C=O) groups excluding carboxylic acids is 2. The molecule has 3 aromatic carbocycles. The predicted molar refractivity (Wildman–Crippen MR) is 151 cm³/mol. The second-order valence-electron chi connectivity index (χ2n) is 9.35. The summed E-state index contributed by atoms with van der Waals surface area (Å²) in [6.07, 6.45) is -2.50. The van der Waals surface area contributed by atoms with Crippen molar-refractivity contribution in [3.63, 3.8) is 0 Å². The van der Waals surface area contributed by atoms with Gasteiger partial charge in [0.05, 0.1) is 36.8 Å². The van der Waals surface area contributed by atoms with Crippen molar-refractivity contribution in [2.45, 2.75) is 12.3 Å². The first-order valence-electron chi connectivity index (χ1n) is 13.0. The second-order valence-corrected chi connectivity index (χ2v) is 9.35. The largest absolute Gasteiger partial charge is 0.416 e. The first-order valence-corrected chi connectivity index (χ1v) is 13.0. The van der Waals surface area contributed by atoms with Crippen molar-refractivity contribution in [1.29, 1.82) is 0 Å². The number of anilines is 3. The van der Waals surface area contributed by atoms with Gasteiger partial charge in [-0.05, 0) is 53.6 Å². The van der Waals surface area contributed by atoms with Crippen LogP contribution in [0.1, 0.15) is 22.8 Å². The van der Waals surface area contributed by atoms with Gasteiger partial charge in [-0.15, -0.1) is 0 Å². The molecule has 0 aliphatic carbocycles. The maximum atomic E-state index is 13.2. The third-order valence-corrected chi connectivity index (χ3v) is 6.40. The van der Waals surface area contributed by atoms with Gasteiger partial charge in [0.1, 0.15) is 0 Å². The smallest absolute Gasteiger partial charge is 0.397 e. The van der Waals surface area contributed by atoms with Crippen molar-refractivity contribution in [2.24, 2.45) is 0 Å². The summed E-state index contributed by atoms with van der Waals surface area (Å²) in [6.45, 7) is 3.63. The van der Waals surface area contributed by atoms with E-state index in [1.807, 2.05) is 0 Å². The summed E-state index contributed by atoms with van der Waals surface area (Å²) in [6, 6.07) is 18.0. The van der Waals surface area contributed by atoms with E-state index < -0.39 is 23.8 Å². The maximum absolute atomic E-state index is 13.2. The van der Waals surface area contributed by atoms with Crippen LogP contribution >= 0.6 is 0 Å². The van der Waals surface area contributed by atoms with E-state index in [0.717, 1.165) is 25.2 Å². The van der Waals surface area contributed by atoms with Crippen LogP contribution in [-0.4, -0.2) is 56.2 Å². The van der Waals surface area contributed by atoms with Crippen LogP contribution in [0, 0.1) is 0 Å². The minimum absolute atomic E-state index is 0.217. The van der Waals surface area contributed by atoms with E-state index in [2.05, 4.69) is 15.5 Å². The highest BCUT2D eigenvalue weighted by Crippen LogP contribution is 2.30. The predicted octanol–water partition coefficient (Wildman–Crippen LogP) is 4.97. The SMILES string of the molecule is Nc1ccccc1NC(=O)/C=C/c1ccc(C(OCCN2CCOCC2)C(=O)Nc2ccc(C(F)(F)F)cc2)cc1. The Morgan fingerprint density at radius 1 is 0.976 bits per heavy atom. The molecule has 1 fully saturated rings. The monoisotopic (exact) mass is 568 g/mol. The minimum atomic E-state index is -4.47. The summed E-state index contributed by atoms with van der Waals surface area (Å²) >= 11 is 0. The average Bonchev–Trinajstić information content (AvgIpc) is 2.96. The van der Waals surface area contributed by atoms with Gasteiger partial charge in [-0.3, -0.25) is 14.5 Å². The zero-order valence-electron chi connectivity index (χ0n) is 22.2. The van der Waals surface area contributed by atoms with Gasteiger partial charge in [0.2, 0.25) is 5.91 Å². The number of nitrogens with one attached hydrogen (secondary N) is 2. The van der Waals surface area contributed by atoms with Gasteiger partial charge < -0.3 is 25.8 Å². The van der Waals surface area contributed by atoms with Gasteiger partial charge >= 0.3 is 6.18 Å². The van der Waals surface area contributed by atoms with Gasteiger partial charge in [-0.2, -0.15) is 13.2 Å². The van der Waals surface area contributed by atoms with E-state index >= 15 is 0 Å². The van der Waals surface area contributed by atoms with E-state index in [9.17, 15) is 22.8 Å². The molecule has 4 N–H and O–H groups in total. The van der Waals surface area contributed by atoms with Crippen molar-refractivity contribution in [3.05, 3.63) is 95.6 Å². The fraction of sp³-hybridized carbons (Fsp3) is 0.267. The highest BCUT2D eigenvalue weighted by atomic mass is 19.4. The first kappa shape index (κ1) is 29.8. The number of alkyl halides is 3. The molecule has 1 heterocycles. The van der Waals surface area contributed by atoms with Crippen LogP contribution in [0.5, 0.6) is 0 Å². The molecule has 8 nitrogen and oxygen atoms in total. The summed E-state index contributed by atoms with van der Waals surface area (Å²) in [7, 11) is 0. The molecular weight excluding hydrogens is 537 g/mol. The van der Waals surface area contributed by atoms with Crippen LogP contribution in [0.25, 0.3) is 6.08 Å². The lowest BCUT2D eigenvalue weighted by atomic mass is 10.1. The maximum Gasteiger partial charge on any atom is 0.416 e. The first-order chi connectivity index (χ1) is 19.7. The minimum Gasteiger partial charge on any atom is -0.397 e. The molecule has 1 saturated heterocycles. The Hall–Kier alpha value is -4.19. The van der Waals surface area contributed by atoms with E-state index in [0.29, 0.717) is 42.3 Å². The van der Waals surface area contributed by atoms with E-state index in [-0.39, 0.29) is 18.2 Å². The summed E-state index contributed by atoms with van der Waals surface area (Å²) in [5, 5.41) is 5.36. The molecular formula is C30H31F3N4O4. The number of amides is 2.